The van der Waals surface area contributed by atoms with E-state index in [-0.39, 0.29) is 0 Å². The monoisotopic (exact) mass is 328 g/mol. The molecular formula is C16H16N4O2S. The van der Waals surface area contributed by atoms with Crippen LogP contribution in [0.2, 0.25) is 0 Å². The Morgan fingerprint density at radius 3 is 2.30 bits per heavy atom. The summed E-state index contributed by atoms with van der Waals surface area (Å²) in [5.74, 6) is -0.569. The van der Waals surface area contributed by atoms with Gasteiger partial charge in [-0.15, -0.1) is 0 Å². The molecule has 0 aliphatic heterocycles. The molecule has 7 heteroatoms. The van der Waals surface area contributed by atoms with Crippen molar-refractivity contribution in [1.29, 1.82) is 0 Å². The minimum atomic E-state index is -0.569. The fraction of sp³-hybridized carbons (Fsp3) is 0.0625. The highest BCUT2D eigenvalue weighted by molar-refractivity contribution is 7.80. The number of hydrogen-bond donors (Lipinski definition) is 4. The van der Waals surface area contributed by atoms with Crippen molar-refractivity contribution in [1.82, 2.24) is 10.9 Å². The lowest BCUT2D eigenvalue weighted by atomic mass is 10.1. The first kappa shape index (κ1) is 16.6. The quantitative estimate of drug-likeness (QED) is 0.300. The molecule has 0 fully saturated rings. The fourth-order valence-electron chi connectivity index (χ4n) is 1.81. The molecule has 4 N–H and O–H groups in total. The SMILES string of the molecule is C/C(=N\NC(=S)Nc1ccc(C(=O)NO)cc1)c1ccccc1. The van der Waals surface area contributed by atoms with Gasteiger partial charge in [-0.3, -0.25) is 15.4 Å². The summed E-state index contributed by atoms with van der Waals surface area (Å²) in [6.07, 6.45) is 0. The predicted molar refractivity (Wildman–Crippen MR) is 93.7 cm³/mol. The van der Waals surface area contributed by atoms with Gasteiger partial charge in [0.25, 0.3) is 5.91 Å². The Morgan fingerprint density at radius 1 is 1.04 bits per heavy atom. The molecule has 0 spiro atoms. The van der Waals surface area contributed by atoms with Gasteiger partial charge >= 0.3 is 0 Å². The first-order chi connectivity index (χ1) is 11.1. The van der Waals surface area contributed by atoms with E-state index in [1.807, 2.05) is 37.3 Å². The lowest BCUT2D eigenvalue weighted by Crippen LogP contribution is -2.25. The van der Waals surface area contributed by atoms with E-state index >= 15 is 0 Å². The van der Waals surface area contributed by atoms with Crippen LogP contribution in [0.1, 0.15) is 22.8 Å². The second-order valence-corrected chi connectivity index (χ2v) is 5.06. The number of anilines is 1. The van der Waals surface area contributed by atoms with Crippen molar-refractivity contribution in [3.63, 3.8) is 0 Å². The molecule has 2 aromatic rings. The molecule has 0 saturated carbocycles. The van der Waals surface area contributed by atoms with Crippen LogP contribution in [0, 0.1) is 0 Å². The Kier molecular flexibility index (Phi) is 5.79. The van der Waals surface area contributed by atoms with Crippen molar-refractivity contribution in [2.24, 2.45) is 5.10 Å². The summed E-state index contributed by atoms with van der Waals surface area (Å²) in [4.78, 5) is 11.2. The van der Waals surface area contributed by atoms with Gasteiger partial charge in [0.2, 0.25) is 0 Å². The maximum atomic E-state index is 11.2. The third kappa shape index (κ3) is 4.87. The third-order valence-corrected chi connectivity index (χ3v) is 3.22. The highest BCUT2D eigenvalue weighted by Gasteiger charge is 2.04. The average molecular weight is 328 g/mol. The molecular weight excluding hydrogens is 312 g/mol. The van der Waals surface area contributed by atoms with Crippen molar-refractivity contribution >= 4 is 34.6 Å². The van der Waals surface area contributed by atoms with Crippen LogP contribution in [0.3, 0.4) is 0 Å². The maximum absolute atomic E-state index is 11.2. The van der Waals surface area contributed by atoms with Gasteiger partial charge in [-0.2, -0.15) is 5.10 Å². The average Bonchev–Trinajstić information content (AvgIpc) is 2.60. The Labute approximate surface area is 139 Å². The summed E-state index contributed by atoms with van der Waals surface area (Å²) >= 11 is 5.16. The molecule has 118 valence electrons. The normalized spacial score (nSPS) is 10.8. The van der Waals surface area contributed by atoms with Gasteiger partial charge in [0.1, 0.15) is 0 Å². The largest absolute Gasteiger partial charge is 0.331 e. The van der Waals surface area contributed by atoms with Crippen molar-refractivity contribution in [3.05, 3.63) is 65.7 Å². The van der Waals surface area contributed by atoms with Crippen LogP contribution in [0.15, 0.2) is 59.7 Å². The second-order valence-electron chi connectivity index (χ2n) is 4.65. The summed E-state index contributed by atoms with van der Waals surface area (Å²) in [5, 5.41) is 16.1. The molecule has 2 rings (SSSR count). The number of amides is 1. The van der Waals surface area contributed by atoms with Crippen molar-refractivity contribution in [2.45, 2.75) is 6.92 Å². The molecule has 0 bridgehead atoms. The first-order valence-corrected chi connectivity index (χ1v) is 7.22. The Bertz CT molecular complexity index is 715. The number of thiocarbonyl (C=S) groups is 1. The van der Waals surface area contributed by atoms with E-state index in [1.165, 1.54) is 0 Å². The fourth-order valence-corrected chi connectivity index (χ4v) is 1.97. The number of benzene rings is 2. The lowest BCUT2D eigenvalue weighted by molar-refractivity contribution is 0.0706. The molecule has 0 radical (unpaired) electrons. The second kappa shape index (κ2) is 8.02. The summed E-state index contributed by atoms with van der Waals surface area (Å²) in [5.41, 5.74) is 7.19. The molecule has 0 aliphatic carbocycles. The van der Waals surface area contributed by atoms with Crippen LogP contribution in [0.4, 0.5) is 5.69 Å². The summed E-state index contributed by atoms with van der Waals surface area (Å²) < 4.78 is 0. The number of hydroxylamine groups is 1. The van der Waals surface area contributed by atoms with E-state index in [9.17, 15) is 4.79 Å². The zero-order valence-electron chi connectivity index (χ0n) is 12.4. The van der Waals surface area contributed by atoms with Gasteiger partial charge in [-0.05, 0) is 49.0 Å². The summed E-state index contributed by atoms with van der Waals surface area (Å²) in [7, 11) is 0. The van der Waals surface area contributed by atoms with Gasteiger partial charge in [0, 0.05) is 11.3 Å². The number of nitrogens with zero attached hydrogens (tertiary/aromatic N) is 1. The molecule has 0 aliphatic rings. The molecule has 2 aromatic carbocycles. The molecule has 0 atom stereocenters. The number of carbonyl (C=O) groups is 1. The van der Waals surface area contributed by atoms with E-state index in [1.54, 1.807) is 29.7 Å². The van der Waals surface area contributed by atoms with Crippen LogP contribution in [0.5, 0.6) is 0 Å². The van der Waals surface area contributed by atoms with Crippen LogP contribution >= 0.6 is 12.2 Å². The molecule has 23 heavy (non-hydrogen) atoms. The molecule has 1 amide bonds. The standard InChI is InChI=1S/C16H16N4O2S/c1-11(12-5-3-2-4-6-12)18-19-16(23)17-14-9-7-13(8-10-14)15(21)20-22/h2-10,22H,1H3,(H,20,21)(H2,17,19,23)/b18-11+. The van der Waals surface area contributed by atoms with Gasteiger partial charge in [-0.25, -0.2) is 5.48 Å². The Morgan fingerprint density at radius 2 is 1.70 bits per heavy atom. The van der Waals surface area contributed by atoms with Crippen molar-refractivity contribution in [2.75, 3.05) is 5.32 Å². The van der Waals surface area contributed by atoms with Crippen LogP contribution in [-0.2, 0) is 0 Å². The molecule has 0 saturated heterocycles. The minimum Gasteiger partial charge on any atom is -0.331 e. The molecule has 0 unspecified atom stereocenters. The third-order valence-electron chi connectivity index (χ3n) is 3.02. The van der Waals surface area contributed by atoms with E-state index in [4.69, 9.17) is 17.4 Å². The van der Waals surface area contributed by atoms with E-state index in [0.717, 1.165) is 11.3 Å². The van der Waals surface area contributed by atoms with Gasteiger partial charge < -0.3 is 5.32 Å². The number of hydrogen-bond acceptors (Lipinski definition) is 4. The number of carbonyl (C=O) groups excluding carboxylic acids is 1. The smallest absolute Gasteiger partial charge is 0.274 e. The van der Waals surface area contributed by atoms with E-state index in [0.29, 0.717) is 16.4 Å². The maximum Gasteiger partial charge on any atom is 0.274 e. The zero-order chi connectivity index (χ0) is 16.7. The lowest BCUT2D eigenvalue weighted by Gasteiger charge is -2.08. The van der Waals surface area contributed by atoms with Crippen molar-refractivity contribution < 1.29 is 10.0 Å². The van der Waals surface area contributed by atoms with E-state index < -0.39 is 5.91 Å². The van der Waals surface area contributed by atoms with E-state index in [2.05, 4.69) is 15.8 Å². The highest BCUT2D eigenvalue weighted by Crippen LogP contribution is 2.09. The van der Waals surface area contributed by atoms with Crippen molar-refractivity contribution in [3.8, 4) is 0 Å². The van der Waals surface area contributed by atoms with Crippen LogP contribution in [-0.4, -0.2) is 21.9 Å². The zero-order valence-corrected chi connectivity index (χ0v) is 13.2. The van der Waals surface area contributed by atoms with Crippen LogP contribution in [0.25, 0.3) is 0 Å². The minimum absolute atomic E-state index is 0.333. The highest BCUT2D eigenvalue weighted by atomic mass is 32.1. The van der Waals surface area contributed by atoms with Gasteiger partial charge in [0.15, 0.2) is 5.11 Å². The number of hydrazone groups is 1. The topological polar surface area (TPSA) is 85.8 Å². The summed E-state index contributed by atoms with van der Waals surface area (Å²) in [6, 6.07) is 16.2. The first-order valence-electron chi connectivity index (χ1n) is 6.81. The number of rotatable bonds is 4. The Hall–Kier alpha value is -2.77. The predicted octanol–water partition coefficient (Wildman–Crippen LogP) is 2.52. The molecule has 6 nitrogen and oxygen atoms in total. The van der Waals surface area contributed by atoms with Gasteiger partial charge in [0.05, 0.1) is 5.71 Å². The van der Waals surface area contributed by atoms with Crippen LogP contribution < -0.4 is 16.2 Å². The number of nitrogens with one attached hydrogen (secondary N) is 3. The molecule has 0 heterocycles. The Balaban J connectivity index is 1.93. The molecule has 0 aromatic heterocycles. The summed E-state index contributed by atoms with van der Waals surface area (Å²) in [6.45, 7) is 1.88. The van der Waals surface area contributed by atoms with Gasteiger partial charge in [-0.1, -0.05) is 30.3 Å².